The molecule has 5 nitrogen and oxygen atoms in total. The summed E-state index contributed by atoms with van der Waals surface area (Å²) in [6.07, 6.45) is 0. The second-order valence-corrected chi connectivity index (χ2v) is 3.46. The first-order valence-corrected chi connectivity index (χ1v) is 4.75. The molecule has 0 aliphatic heterocycles. The summed E-state index contributed by atoms with van der Waals surface area (Å²) in [6, 6.07) is 5.97. The predicted octanol–water partition coefficient (Wildman–Crippen LogP) is 0.795. The Bertz CT molecular complexity index is 403. The summed E-state index contributed by atoms with van der Waals surface area (Å²) >= 11 is 0. The van der Waals surface area contributed by atoms with Crippen molar-refractivity contribution >= 4 is 11.9 Å². The number of carboxylic acid groups (broad SMARTS) is 2. The van der Waals surface area contributed by atoms with Gasteiger partial charge in [-0.2, -0.15) is 0 Å². The van der Waals surface area contributed by atoms with Gasteiger partial charge in [0.25, 0.3) is 0 Å². The highest BCUT2D eigenvalue weighted by molar-refractivity contribution is 5.77. The topological polar surface area (TPSA) is 86.6 Å². The molecule has 0 aliphatic carbocycles. The third-order valence-corrected chi connectivity index (χ3v) is 2.08. The molecule has 16 heavy (non-hydrogen) atoms. The summed E-state index contributed by atoms with van der Waals surface area (Å²) < 4.78 is 0. The highest BCUT2D eigenvalue weighted by atomic mass is 16.4. The molecule has 1 aromatic rings. The lowest BCUT2D eigenvalue weighted by Gasteiger charge is -2.13. The molecule has 0 amide bonds. The quantitative estimate of drug-likeness (QED) is 0.687. The van der Waals surface area contributed by atoms with E-state index >= 15 is 0 Å². The summed E-state index contributed by atoms with van der Waals surface area (Å²) in [5.74, 6) is -2.18. The molecular weight excluding hydrogens is 210 g/mol. The van der Waals surface area contributed by atoms with Crippen LogP contribution in [-0.2, 0) is 9.59 Å². The van der Waals surface area contributed by atoms with E-state index in [9.17, 15) is 9.59 Å². The predicted molar refractivity (Wildman–Crippen MR) is 57.2 cm³/mol. The van der Waals surface area contributed by atoms with Crippen LogP contribution in [0.5, 0.6) is 0 Å². The van der Waals surface area contributed by atoms with Gasteiger partial charge in [0.15, 0.2) is 0 Å². The van der Waals surface area contributed by atoms with E-state index in [4.69, 9.17) is 10.2 Å². The molecule has 0 saturated heterocycles. The fraction of sp³-hybridized carbons (Fsp3) is 0.273. The summed E-state index contributed by atoms with van der Waals surface area (Å²) in [6.45, 7) is 1.46. The minimum atomic E-state index is -1.09. The lowest BCUT2D eigenvalue weighted by molar-refractivity contribution is -0.140. The SMILES string of the molecule is Cc1cccc(C(NCC(=O)O)C(=O)O)c1. The van der Waals surface area contributed by atoms with Gasteiger partial charge in [-0.3, -0.25) is 14.9 Å². The average molecular weight is 223 g/mol. The Morgan fingerprint density at radius 3 is 2.56 bits per heavy atom. The van der Waals surface area contributed by atoms with E-state index < -0.39 is 18.0 Å². The monoisotopic (exact) mass is 223 g/mol. The molecule has 3 N–H and O–H groups in total. The Morgan fingerprint density at radius 2 is 2.06 bits per heavy atom. The van der Waals surface area contributed by atoms with Crippen LogP contribution in [0.1, 0.15) is 17.2 Å². The Balaban J connectivity index is 2.85. The molecule has 1 unspecified atom stereocenters. The Kier molecular flexibility index (Phi) is 4.02. The van der Waals surface area contributed by atoms with E-state index in [0.717, 1.165) is 5.56 Å². The van der Waals surface area contributed by atoms with Gasteiger partial charge in [-0.1, -0.05) is 29.8 Å². The maximum atomic E-state index is 11.0. The number of aryl methyl sites for hydroxylation is 1. The molecule has 1 aromatic carbocycles. The zero-order chi connectivity index (χ0) is 12.1. The number of carbonyl (C=O) groups is 2. The third-order valence-electron chi connectivity index (χ3n) is 2.08. The minimum absolute atomic E-state index is 0.384. The molecule has 1 rings (SSSR count). The average Bonchev–Trinajstić information content (AvgIpc) is 2.17. The number of nitrogens with one attached hydrogen (secondary N) is 1. The highest BCUT2D eigenvalue weighted by Crippen LogP contribution is 2.14. The van der Waals surface area contributed by atoms with E-state index in [2.05, 4.69) is 5.32 Å². The number of rotatable bonds is 5. The van der Waals surface area contributed by atoms with Gasteiger partial charge in [0.05, 0.1) is 6.54 Å². The molecule has 0 radical (unpaired) electrons. The first-order valence-electron chi connectivity index (χ1n) is 4.75. The Hall–Kier alpha value is -1.88. The fourth-order valence-electron chi connectivity index (χ4n) is 1.39. The number of hydrogen-bond acceptors (Lipinski definition) is 3. The van der Waals surface area contributed by atoms with Gasteiger partial charge in [0.1, 0.15) is 6.04 Å². The smallest absolute Gasteiger partial charge is 0.325 e. The van der Waals surface area contributed by atoms with Crippen LogP contribution in [0.15, 0.2) is 24.3 Å². The molecule has 0 bridgehead atoms. The van der Waals surface area contributed by atoms with Crippen molar-refractivity contribution in [2.45, 2.75) is 13.0 Å². The van der Waals surface area contributed by atoms with Crippen molar-refractivity contribution in [3.63, 3.8) is 0 Å². The molecular formula is C11H13NO4. The first-order chi connectivity index (χ1) is 7.50. The molecule has 0 aromatic heterocycles. The number of carboxylic acids is 2. The summed E-state index contributed by atoms with van der Waals surface area (Å²) in [4.78, 5) is 21.3. The van der Waals surface area contributed by atoms with Crippen molar-refractivity contribution in [3.05, 3.63) is 35.4 Å². The van der Waals surface area contributed by atoms with Crippen LogP contribution >= 0.6 is 0 Å². The van der Waals surface area contributed by atoms with Crippen molar-refractivity contribution in [2.24, 2.45) is 0 Å². The summed E-state index contributed by atoms with van der Waals surface area (Å²) in [7, 11) is 0. The standard InChI is InChI=1S/C11H13NO4/c1-7-3-2-4-8(5-7)10(11(15)16)12-6-9(13)14/h2-5,10,12H,6H2,1H3,(H,13,14)(H,15,16). The van der Waals surface area contributed by atoms with Crippen LogP contribution in [0.25, 0.3) is 0 Å². The van der Waals surface area contributed by atoms with Gasteiger partial charge in [0.2, 0.25) is 0 Å². The van der Waals surface area contributed by atoms with Crippen LogP contribution in [-0.4, -0.2) is 28.7 Å². The molecule has 0 heterocycles. The Morgan fingerprint density at radius 1 is 1.38 bits per heavy atom. The van der Waals surface area contributed by atoms with E-state index in [0.29, 0.717) is 5.56 Å². The van der Waals surface area contributed by atoms with Gasteiger partial charge in [0, 0.05) is 0 Å². The third kappa shape index (κ3) is 3.36. The van der Waals surface area contributed by atoms with Crippen molar-refractivity contribution in [2.75, 3.05) is 6.54 Å². The van der Waals surface area contributed by atoms with Gasteiger partial charge in [-0.15, -0.1) is 0 Å². The fourth-order valence-corrected chi connectivity index (χ4v) is 1.39. The van der Waals surface area contributed by atoms with Crippen LogP contribution in [0.2, 0.25) is 0 Å². The van der Waals surface area contributed by atoms with E-state index in [-0.39, 0.29) is 6.54 Å². The zero-order valence-electron chi connectivity index (χ0n) is 8.80. The van der Waals surface area contributed by atoms with Crippen LogP contribution in [0.3, 0.4) is 0 Å². The van der Waals surface area contributed by atoms with E-state index in [1.165, 1.54) is 0 Å². The maximum Gasteiger partial charge on any atom is 0.325 e. The number of benzene rings is 1. The van der Waals surface area contributed by atoms with E-state index in [1.54, 1.807) is 18.2 Å². The van der Waals surface area contributed by atoms with Crippen LogP contribution < -0.4 is 5.32 Å². The second-order valence-electron chi connectivity index (χ2n) is 3.46. The largest absolute Gasteiger partial charge is 0.480 e. The van der Waals surface area contributed by atoms with Gasteiger partial charge in [-0.25, -0.2) is 0 Å². The molecule has 86 valence electrons. The molecule has 5 heteroatoms. The zero-order valence-corrected chi connectivity index (χ0v) is 8.80. The maximum absolute atomic E-state index is 11.0. The van der Waals surface area contributed by atoms with Gasteiger partial charge < -0.3 is 10.2 Å². The van der Waals surface area contributed by atoms with Crippen molar-refractivity contribution in [1.29, 1.82) is 0 Å². The molecule has 0 saturated carbocycles. The first kappa shape index (κ1) is 12.2. The van der Waals surface area contributed by atoms with Crippen molar-refractivity contribution in [3.8, 4) is 0 Å². The number of aliphatic carboxylic acids is 2. The summed E-state index contributed by atoms with van der Waals surface area (Å²) in [5, 5.41) is 19.9. The van der Waals surface area contributed by atoms with E-state index in [1.807, 2.05) is 13.0 Å². The minimum Gasteiger partial charge on any atom is -0.480 e. The van der Waals surface area contributed by atoms with Gasteiger partial charge >= 0.3 is 11.9 Å². The lowest BCUT2D eigenvalue weighted by Crippen LogP contribution is -2.32. The Labute approximate surface area is 92.7 Å². The molecule has 0 fully saturated rings. The summed E-state index contributed by atoms with van der Waals surface area (Å²) in [5.41, 5.74) is 1.48. The molecule has 0 aliphatic rings. The van der Waals surface area contributed by atoms with Gasteiger partial charge in [-0.05, 0) is 12.5 Å². The highest BCUT2D eigenvalue weighted by Gasteiger charge is 2.19. The van der Waals surface area contributed by atoms with Crippen LogP contribution in [0, 0.1) is 6.92 Å². The lowest BCUT2D eigenvalue weighted by atomic mass is 10.0. The molecule has 1 atom stereocenters. The second kappa shape index (κ2) is 5.27. The number of hydrogen-bond donors (Lipinski definition) is 3. The van der Waals surface area contributed by atoms with Crippen molar-refractivity contribution in [1.82, 2.24) is 5.32 Å². The van der Waals surface area contributed by atoms with Crippen molar-refractivity contribution < 1.29 is 19.8 Å². The van der Waals surface area contributed by atoms with Crippen LogP contribution in [0.4, 0.5) is 0 Å². The normalized spacial score (nSPS) is 12.1. The molecule has 0 spiro atoms.